The molecule has 2 heterocycles. The Labute approximate surface area is 120 Å². The van der Waals surface area contributed by atoms with E-state index in [1.54, 1.807) is 12.1 Å². The monoisotopic (exact) mass is 309 g/mol. The number of aliphatic carboxylic acids is 1. The van der Waals surface area contributed by atoms with Gasteiger partial charge in [0.2, 0.25) is 0 Å². The van der Waals surface area contributed by atoms with Crippen LogP contribution >= 0.6 is 23.1 Å². The van der Waals surface area contributed by atoms with Gasteiger partial charge >= 0.3 is 5.97 Å². The normalized spacial score (nSPS) is 18.2. The van der Waals surface area contributed by atoms with Crippen LogP contribution in [-0.4, -0.2) is 37.8 Å². The topological polar surface area (TPSA) is 106 Å². The molecule has 0 spiro atoms. The first-order valence-corrected chi connectivity index (χ1v) is 7.34. The highest BCUT2D eigenvalue weighted by Crippen LogP contribution is 2.34. The van der Waals surface area contributed by atoms with Gasteiger partial charge in [-0.2, -0.15) is 0 Å². The van der Waals surface area contributed by atoms with Crippen LogP contribution in [0.3, 0.4) is 0 Å². The summed E-state index contributed by atoms with van der Waals surface area (Å²) in [7, 11) is 0. The largest absolute Gasteiger partial charge is 0.480 e. The van der Waals surface area contributed by atoms with Crippen molar-refractivity contribution < 1.29 is 14.8 Å². The first-order valence-electron chi connectivity index (χ1n) is 5.54. The van der Waals surface area contributed by atoms with Crippen molar-refractivity contribution >= 4 is 50.0 Å². The number of nitro groups is 1. The van der Waals surface area contributed by atoms with E-state index in [2.05, 4.69) is 9.98 Å². The number of hydrogen-bond acceptors (Lipinski definition) is 7. The van der Waals surface area contributed by atoms with E-state index in [9.17, 15) is 14.9 Å². The molecule has 20 heavy (non-hydrogen) atoms. The summed E-state index contributed by atoms with van der Waals surface area (Å²) in [6.07, 6.45) is 0. The van der Waals surface area contributed by atoms with Crippen molar-refractivity contribution in [3.05, 3.63) is 33.3 Å². The van der Waals surface area contributed by atoms with E-state index in [0.29, 0.717) is 26.0 Å². The molecule has 7 nitrogen and oxygen atoms in total. The summed E-state index contributed by atoms with van der Waals surface area (Å²) in [5.41, 5.74) is 0.533. The Morgan fingerprint density at radius 2 is 2.30 bits per heavy atom. The van der Waals surface area contributed by atoms with Gasteiger partial charge in [-0.15, -0.1) is 23.1 Å². The molecular formula is C11H7N3O4S2. The molecule has 1 aliphatic heterocycles. The van der Waals surface area contributed by atoms with Crippen LogP contribution in [0.15, 0.2) is 23.2 Å². The summed E-state index contributed by atoms with van der Waals surface area (Å²) in [6.45, 7) is 0. The minimum absolute atomic E-state index is 0.00429. The summed E-state index contributed by atoms with van der Waals surface area (Å²) >= 11 is 2.47. The number of carboxylic acid groups (broad SMARTS) is 1. The van der Waals surface area contributed by atoms with Crippen molar-refractivity contribution in [2.45, 2.75) is 6.04 Å². The lowest BCUT2D eigenvalue weighted by Crippen LogP contribution is -2.17. The number of fused-ring (bicyclic) bond motifs is 1. The zero-order chi connectivity index (χ0) is 14.3. The number of nitrogens with zero attached hydrogens (tertiary/aromatic N) is 3. The van der Waals surface area contributed by atoms with E-state index >= 15 is 0 Å². The smallest absolute Gasteiger partial charge is 0.329 e. The minimum atomic E-state index is -0.973. The zero-order valence-corrected chi connectivity index (χ0v) is 11.5. The summed E-state index contributed by atoms with van der Waals surface area (Å²) in [5, 5.41) is 20.9. The van der Waals surface area contributed by atoms with E-state index in [1.807, 2.05) is 0 Å². The van der Waals surface area contributed by atoms with Gasteiger partial charge < -0.3 is 5.11 Å². The molecule has 0 fully saturated rings. The zero-order valence-electron chi connectivity index (χ0n) is 9.85. The van der Waals surface area contributed by atoms with Crippen molar-refractivity contribution in [3.63, 3.8) is 0 Å². The highest BCUT2D eigenvalue weighted by atomic mass is 32.2. The number of rotatable bonds is 3. The van der Waals surface area contributed by atoms with E-state index in [0.717, 1.165) is 0 Å². The molecule has 0 amide bonds. The second-order valence-corrected chi connectivity index (χ2v) is 6.01. The maximum Gasteiger partial charge on any atom is 0.329 e. The Hall–Kier alpha value is -2.00. The molecule has 1 unspecified atom stereocenters. The second kappa shape index (κ2) is 4.84. The van der Waals surface area contributed by atoms with Crippen LogP contribution in [0.4, 0.5) is 5.69 Å². The lowest BCUT2D eigenvalue weighted by atomic mass is 10.3. The number of hydrogen-bond donors (Lipinski definition) is 1. The Balaban J connectivity index is 2.06. The maximum atomic E-state index is 11.0. The second-order valence-electron chi connectivity index (χ2n) is 4.00. The fourth-order valence-electron chi connectivity index (χ4n) is 1.79. The third-order valence-electron chi connectivity index (χ3n) is 2.71. The van der Waals surface area contributed by atoms with Crippen LogP contribution in [-0.2, 0) is 4.79 Å². The summed E-state index contributed by atoms with van der Waals surface area (Å²) < 4.78 is 0.481. The highest BCUT2D eigenvalue weighted by molar-refractivity contribution is 8.15. The number of thioether (sulfide) groups is 1. The molecule has 0 radical (unpaired) electrons. The minimum Gasteiger partial charge on any atom is -0.480 e. The Kier molecular flexibility index (Phi) is 3.14. The number of carboxylic acids is 1. The Morgan fingerprint density at radius 1 is 1.50 bits per heavy atom. The standard InChI is InChI=1S/C11H7N3O4S2/c15-11(16)6-4-19-9(13-6)10-12-5-2-1-3-7(14(17)18)8(5)20-10/h1-3,6H,4H2,(H,15,16). The van der Waals surface area contributed by atoms with Crippen molar-refractivity contribution in [2.24, 2.45) is 4.99 Å². The Morgan fingerprint density at radius 3 is 2.95 bits per heavy atom. The molecule has 3 rings (SSSR count). The number of thiazole rings is 1. The van der Waals surface area contributed by atoms with E-state index in [4.69, 9.17) is 5.11 Å². The molecule has 1 aromatic heterocycles. The van der Waals surface area contributed by atoms with Gasteiger partial charge in [-0.05, 0) is 6.07 Å². The van der Waals surface area contributed by atoms with E-state index < -0.39 is 16.9 Å². The Bertz CT molecular complexity index is 755. The van der Waals surface area contributed by atoms with Gasteiger partial charge in [0.05, 0.1) is 10.4 Å². The van der Waals surface area contributed by atoms with Crippen LogP contribution in [0.5, 0.6) is 0 Å². The molecule has 1 aliphatic rings. The average Bonchev–Trinajstić information content (AvgIpc) is 3.04. The summed E-state index contributed by atoms with van der Waals surface area (Å²) in [6, 6.07) is 3.93. The molecule has 1 aromatic carbocycles. The molecular weight excluding hydrogens is 302 g/mol. The fourth-order valence-corrected chi connectivity index (χ4v) is 3.94. The number of nitro benzene ring substituents is 1. The molecule has 1 atom stereocenters. The summed E-state index contributed by atoms with van der Waals surface area (Å²) in [4.78, 5) is 29.8. The number of benzene rings is 1. The van der Waals surface area contributed by atoms with Gasteiger partial charge in [0.1, 0.15) is 14.8 Å². The van der Waals surface area contributed by atoms with Crippen LogP contribution in [0.25, 0.3) is 10.2 Å². The van der Waals surface area contributed by atoms with Crippen molar-refractivity contribution in [3.8, 4) is 0 Å². The molecule has 102 valence electrons. The van der Waals surface area contributed by atoms with Gasteiger partial charge in [-0.25, -0.2) is 9.78 Å². The lowest BCUT2D eigenvalue weighted by molar-refractivity contribution is -0.382. The maximum absolute atomic E-state index is 11.0. The number of non-ortho nitro benzene ring substituents is 1. The predicted octanol–water partition coefficient (Wildman–Crippen LogP) is 2.15. The van der Waals surface area contributed by atoms with Crippen LogP contribution in [0.2, 0.25) is 0 Å². The first-order chi connectivity index (χ1) is 9.56. The van der Waals surface area contributed by atoms with Gasteiger partial charge in [0.25, 0.3) is 5.69 Å². The SMILES string of the molecule is O=C(O)C1CSC(c2nc3cccc([N+](=O)[O-])c3s2)=N1. The van der Waals surface area contributed by atoms with Gasteiger partial charge in [0, 0.05) is 11.8 Å². The van der Waals surface area contributed by atoms with Crippen molar-refractivity contribution in [1.82, 2.24) is 4.98 Å². The van der Waals surface area contributed by atoms with Crippen LogP contribution in [0.1, 0.15) is 5.01 Å². The molecule has 1 N–H and O–H groups in total. The number of aliphatic imine (C=N–C) groups is 1. The van der Waals surface area contributed by atoms with E-state index in [-0.39, 0.29) is 5.69 Å². The highest BCUT2D eigenvalue weighted by Gasteiger charge is 2.27. The lowest BCUT2D eigenvalue weighted by Gasteiger charge is -1.93. The predicted molar refractivity (Wildman–Crippen MR) is 76.7 cm³/mol. The third kappa shape index (κ3) is 2.14. The van der Waals surface area contributed by atoms with Crippen LogP contribution < -0.4 is 0 Å². The average molecular weight is 309 g/mol. The van der Waals surface area contributed by atoms with Crippen molar-refractivity contribution in [2.75, 3.05) is 5.75 Å². The van der Waals surface area contributed by atoms with Gasteiger partial charge in [-0.1, -0.05) is 6.07 Å². The van der Waals surface area contributed by atoms with E-state index in [1.165, 1.54) is 29.2 Å². The molecule has 9 heteroatoms. The molecule has 2 aromatic rings. The fraction of sp³-hybridized carbons (Fsp3) is 0.182. The van der Waals surface area contributed by atoms with Crippen LogP contribution in [0, 0.1) is 10.1 Å². The number of carbonyl (C=O) groups is 1. The van der Waals surface area contributed by atoms with Gasteiger partial charge in [-0.3, -0.25) is 15.1 Å². The summed E-state index contributed by atoms with van der Waals surface area (Å²) in [5.74, 6) is -0.609. The van der Waals surface area contributed by atoms with Crippen molar-refractivity contribution in [1.29, 1.82) is 0 Å². The molecule has 0 saturated carbocycles. The molecule has 0 saturated heterocycles. The first kappa shape index (κ1) is 13.0. The van der Waals surface area contributed by atoms with Gasteiger partial charge in [0.15, 0.2) is 6.04 Å². The molecule has 0 bridgehead atoms. The third-order valence-corrected chi connectivity index (χ3v) is 4.99. The quantitative estimate of drug-likeness (QED) is 0.688. The molecule has 0 aliphatic carbocycles. The number of aromatic nitrogens is 1.